The molecule has 0 bridgehead atoms. The number of carbonyl (C=O) groups is 1. The second kappa shape index (κ2) is 6.72. The van der Waals surface area contributed by atoms with E-state index in [4.69, 9.17) is 0 Å². The van der Waals surface area contributed by atoms with Crippen molar-refractivity contribution in [1.82, 2.24) is 0 Å². The molecule has 0 aliphatic rings. The molecule has 1 aromatic heterocycles. The Balaban J connectivity index is 0.00000162. The lowest BCUT2D eigenvalue weighted by Gasteiger charge is -1.99. The fourth-order valence-corrected chi connectivity index (χ4v) is 1.72. The average Bonchev–Trinajstić information content (AvgIpc) is 2.38. The molecule has 92 valence electrons. The number of aromatic nitrogens is 1. The number of hydrogen-bond donors (Lipinski definition) is 0. The van der Waals surface area contributed by atoms with Crippen molar-refractivity contribution in [3.8, 4) is 0 Å². The topological polar surface area (TPSA) is 20.9 Å². The van der Waals surface area contributed by atoms with Crippen LogP contribution in [0.4, 0.5) is 0 Å². The van der Waals surface area contributed by atoms with Crippen LogP contribution in [0.3, 0.4) is 0 Å². The first-order valence-electron chi connectivity index (χ1n) is 5.48. The van der Waals surface area contributed by atoms with Gasteiger partial charge in [0, 0.05) is 12.1 Å². The quantitative estimate of drug-likeness (QED) is 0.472. The van der Waals surface area contributed by atoms with E-state index in [2.05, 4.69) is 0 Å². The number of aldehydes is 1. The standard InChI is InChI=1S/C15H14NO.ClH/c1-16-10-6-5-9-15(16)14(12-17)11-13-7-3-2-4-8-13;/h2-12H,1H3;1H/q+1;. The molecule has 3 heteroatoms. The summed E-state index contributed by atoms with van der Waals surface area (Å²) in [5.41, 5.74) is 2.61. The minimum Gasteiger partial charge on any atom is -0.298 e. The fourth-order valence-electron chi connectivity index (χ4n) is 1.72. The SMILES string of the molecule is C[n+]1ccccc1C(C=O)=Cc1ccccc1.Cl. The van der Waals surface area contributed by atoms with Gasteiger partial charge in [0.15, 0.2) is 12.5 Å². The molecule has 0 saturated carbocycles. The highest BCUT2D eigenvalue weighted by Gasteiger charge is 2.10. The van der Waals surface area contributed by atoms with Gasteiger partial charge in [0.1, 0.15) is 7.05 Å². The molecule has 0 aliphatic carbocycles. The smallest absolute Gasteiger partial charge is 0.215 e. The number of aryl methyl sites for hydroxylation is 1. The number of benzene rings is 1. The number of halogens is 1. The highest BCUT2D eigenvalue weighted by atomic mass is 35.5. The van der Waals surface area contributed by atoms with Gasteiger partial charge in [0.25, 0.3) is 0 Å². The fraction of sp³-hybridized carbons (Fsp3) is 0.0667. The maximum absolute atomic E-state index is 11.2. The minimum atomic E-state index is 0. The van der Waals surface area contributed by atoms with Gasteiger partial charge >= 0.3 is 0 Å². The Hall–Kier alpha value is -1.93. The maximum atomic E-state index is 11.2. The van der Waals surface area contributed by atoms with Crippen LogP contribution in [0.2, 0.25) is 0 Å². The van der Waals surface area contributed by atoms with Crippen molar-refractivity contribution in [2.24, 2.45) is 7.05 Å². The molecule has 0 amide bonds. The van der Waals surface area contributed by atoms with Gasteiger partial charge in [-0.15, -0.1) is 12.4 Å². The first kappa shape index (κ1) is 14.1. The molecule has 2 nitrogen and oxygen atoms in total. The molecule has 1 heterocycles. The van der Waals surface area contributed by atoms with Crippen LogP contribution < -0.4 is 4.57 Å². The van der Waals surface area contributed by atoms with Gasteiger partial charge in [-0.3, -0.25) is 4.79 Å². The van der Waals surface area contributed by atoms with Gasteiger partial charge in [0.2, 0.25) is 5.69 Å². The third-order valence-electron chi connectivity index (χ3n) is 2.60. The molecule has 0 aliphatic heterocycles. The monoisotopic (exact) mass is 260 g/mol. The Morgan fingerprint density at radius 2 is 1.72 bits per heavy atom. The minimum absolute atomic E-state index is 0. The van der Waals surface area contributed by atoms with Gasteiger partial charge in [-0.2, -0.15) is 0 Å². The van der Waals surface area contributed by atoms with Crippen LogP contribution in [-0.4, -0.2) is 6.29 Å². The van der Waals surface area contributed by atoms with E-state index in [0.717, 1.165) is 17.5 Å². The van der Waals surface area contributed by atoms with E-state index in [1.165, 1.54) is 0 Å². The highest BCUT2D eigenvalue weighted by molar-refractivity contribution is 6.12. The van der Waals surface area contributed by atoms with Crippen molar-refractivity contribution >= 4 is 30.3 Å². The average molecular weight is 261 g/mol. The van der Waals surface area contributed by atoms with Gasteiger partial charge in [-0.1, -0.05) is 30.3 Å². The Labute approximate surface area is 113 Å². The first-order valence-corrected chi connectivity index (χ1v) is 5.48. The summed E-state index contributed by atoms with van der Waals surface area (Å²) in [5, 5.41) is 0. The third-order valence-corrected chi connectivity index (χ3v) is 2.60. The number of allylic oxidation sites excluding steroid dienone is 1. The summed E-state index contributed by atoms with van der Waals surface area (Å²) >= 11 is 0. The summed E-state index contributed by atoms with van der Waals surface area (Å²) in [6.45, 7) is 0. The van der Waals surface area contributed by atoms with Crippen molar-refractivity contribution in [2.75, 3.05) is 0 Å². The molecule has 0 saturated heterocycles. The lowest BCUT2D eigenvalue weighted by molar-refractivity contribution is -0.673. The molecule has 0 radical (unpaired) electrons. The van der Waals surface area contributed by atoms with Crippen LogP contribution in [0.1, 0.15) is 11.3 Å². The van der Waals surface area contributed by atoms with Crippen molar-refractivity contribution in [1.29, 1.82) is 0 Å². The lowest BCUT2D eigenvalue weighted by Crippen LogP contribution is -2.32. The number of rotatable bonds is 3. The van der Waals surface area contributed by atoms with Gasteiger partial charge in [0.05, 0.1) is 5.57 Å². The molecule has 0 unspecified atom stereocenters. The van der Waals surface area contributed by atoms with Crippen LogP contribution in [0.5, 0.6) is 0 Å². The zero-order valence-electron chi connectivity index (χ0n) is 10.1. The molecule has 1 aromatic carbocycles. The van der Waals surface area contributed by atoms with E-state index in [0.29, 0.717) is 5.57 Å². The summed E-state index contributed by atoms with van der Waals surface area (Å²) in [4.78, 5) is 11.2. The summed E-state index contributed by atoms with van der Waals surface area (Å²) in [7, 11) is 1.93. The lowest BCUT2D eigenvalue weighted by atomic mass is 10.1. The molecule has 0 atom stereocenters. The van der Waals surface area contributed by atoms with Crippen LogP contribution in [-0.2, 0) is 11.8 Å². The molecule has 0 fully saturated rings. The highest BCUT2D eigenvalue weighted by Crippen LogP contribution is 2.12. The van der Waals surface area contributed by atoms with Crippen molar-refractivity contribution in [3.63, 3.8) is 0 Å². The third kappa shape index (κ3) is 3.28. The van der Waals surface area contributed by atoms with E-state index in [-0.39, 0.29) is 12.4 Å². The second-order valence-electron chi connectivity index (χ2n) is 3.82. The van der Waals surface area contributed by atoms with E-state index in [9.17, 15) is 4.79 Å². The van der Waals surface area contributed by atoms with Crippen molar-refractivity contribution in [3.05, 3.63) is 66.0 Å². The Morgan fingerprint density at radius 3 is 2.33 bits per heavy atom. The van der Waals surface area contributed by atoms with Gasteiger partial charge in [-0.05, 0) is 17.7 Å². The van der Waals surface area contributed by atoms with Crippen LogP contribution in [0.15, 0.2) is 54.7 Å². The molecular formula is C15H15ClNO+. The Bertz CT molecular complexity index is 549. The summed E-state index contributed by atoms with van der Waals surface area (Å²) in [6.07, 6.45) is 4.71. The van der Waals surface area contributed by atoms with Gasteiger partial charge in [-0.25, -0.2) is 4.57 Å². The number of nitrogens with zero attached hydrogens (tertiary/aromatic N) is 1. The molecule has 0 spiro atoms. The summed E-state index contributed by atoms with van der Waals surface area (Å²) in [6, 6.07) is 15.6. The normalized spacial score (nSPS) is 10.6. The number of pyridine rings is 1. The Morgan fingerprint density at radius 1 is 1.06 bits per heavy atom. The second-order valence-corrected chi connectivity index (χ2v) is 3.82. The summed E-state index contributed by atoms with van der Waals surface area (Å²) in [5.74, 6) is 0. The van der Waals surface area contributed by atoms with Crippen LogP contribution in [0, 0.1) is 0 Å². The van der Waals surface area contributed by atoms with E-state index in [1.807, 2.05) is 72.4 Å². The van der Waals surface area contributed by atoms with Crippen molar-refractivity contribution in [2.45, 2.75) is 0 Å². The number of hydrogen-bond acceptors (Lipinski definition) is 1. The number of carbonyl (C=O) groups excluding carboxylic acids is 1. The van der Waals surface area contributed by atoms with E-state index < -0.39 is 0 Å². The maximum Gasteiger partial charge on any atom is 0.215 e. The van der Waals surface area contributed by atoms with E-state index in [1.54, 1.807) is 0 Å². The van der Waals surface area contributed by atoms with Gasteiger partial charge < -0.3 is 0 Å². The zero-order valence-corrected chi connectivity index (χ0v) is 10.9. The van der Waals surface area contributed by atoms with E-state index >= 15 is 0 Å². The molecule has 0 N–H and O–H groups in total. The molecule has 18 heavy (non-hydrogen) atoms. The Kier molecular flexibility index (Phi) is 5.28. The zero-order chi connectivity index (χ0) is 12.1. The predicted molar refractivity (Wildman–Crippen MR) is 75.2 cm³/mol. The molecule has 2 aromatic rings. The molecule has 2 rings (SSSR count). The predicted octanol–water partition coefficient (Wildman–Crippen LogP) is 2.67. The van der Waals surface area contributed by atoms with Crippen molar-refractivity contribution < 1.29 is 9.36 Å². The van der Waals surface area contributed by atoms with Crippen LogP contribution in [0.25, 0.3) is 11.6 Å². The first-order chi connectivity index (χ1) is 8.31. The summed E-state index contributed by atoms with van der Waals surface area (Å²) < 4.78 is 1.93. The largest absolute Gasteiger partial charge is 0.298 e. The van der Waals surface area contributed by atoms with Crippen LogP contribution >= 0.6 is 12.4 Å². The molecular weight excluding hydrogens is 246 g/mol.